The average molecular weight is 297 g/mol. The topological polar surface area (TPSA) is 17.8 Å². The third kappa shape index (κ3) is 2.48. The molecule has 2 nitrogen and oxygen atoms in total. The van der Waals surface area contributed by atoms with Gasteiger partial charge in [0.1, 0.15) is 11.3 Å². The number of para-hydroxylation sites is 1. The number of aromatic nitrogens is 2. The van der Waals surface area contributed by atoms with E-state index in [9.17, 15) is 0 Å². The van der Waals surface area contributed by atoms with Gasteiger partial charge in [-0.25, -0.2) is 4.98 Å². The minimum absolute atomic E-state index is 0.565. The third-order valence-electron chi connectivity index (χ3n) is 4.00. The first-order valence-corrected chi connectivity index (χ1v) is 7.94. The van der Waals surface area contributed by atoms with Crippen molar-refractivity contribution < 1.29 is 0 Å². The number of alkyl halides is 1. The predicted molar refractivity (Wildman–Crippen MR) is 81.3 cm³/mol. The maximum atomic E-state index is 6.27. The molecular weight excluding hydrogens is 279 g/mol. The van der Waals surface area contributed by atoms with Crippen LogP contribution in [0.3, 0.4) is 0 Å². The Kier molecular flexibility index (Phi) is 3.99. The molecule has 0 spiro atoms. The Morgan fingerprint density at radius 1 is 1.21 bits per heavy atom. The molecule has 0 bridgehead atoms. The lowest BCUT2D eigenvalue weighted by atomic mass is 9.95. The van der Waals surface area contributed by atoms with Crippen molar-refractivity contribution in [3.63, 3.8) is 0 Å². The third-order valence-corrected chi connectivity index (χ3v) is 4.50. The zero-order chi connectivity index (χ0) is 13.2. The first-order chi connectivity index (χ1) is 9.31. The summed E-state index contributed by atoms with van der Waals surface area (Å²) < 4.78 is 2.39. The van der Waals surface area contributed by atoms with Gasteiger partial charge in [-0.15, -0.1) is 11.6 Å². The molecule has 2 aromatic rings. The molecule has 4 heteroatoms. The number of halogens is 2. The molecule has 1 fully saturated rings. The summed E-state index contributed by atoms with van der Waals surface area (Å²) in [6.45, 7) is 0. The van der Waals surface area contributed by atoms with Crippen molar-refractivity contribution in [1.29, 1.82) is 0 Å². The molecule has 0 radical (unpaired) electrons. The summed E-state index contributed by atoms with van der Waals surface area (Å²) in [7, 11) is 0. The van der Waals surface area contributed by atoms with E-state index in [4.69, 9.17) is 28.2 Å². The number of rotatable bonds is 3. The van der Waals surface area contributed by atoms with Crippen molar-refractivity contribution in [1.82, 2.24) is 9.55 Å². The SMILES string of the molecule is ClCCc1nc2c(Cl)cccc2n1C1CCCCC1. The van der Waals surface area contributed by atoms with Crippen LogP contribution in [-0.2, 0) is 6.42 Å². The molecule has 1 aromatic carbocycles. The van der Waals surface area contributed by atoms with Crippen LogP contribution in [0.2, 0.25) is 5.02 Å². The van der Waals surface area contributed by atoms with E-state index < -0.39 is 0 Å². The average Bonchev–Trinajstić information content (AvgIpc) is 2.80. The summed E-state index contributed by atoms with van der Waals surface area (Å²) >= 11 is 12.2. The van der Waals surface area contributed by atoms with Crippen LogP contribution in [0.5, 0.6) is 0 Å². The second kappa shape index (κ2) is 5.72. The molecule has 1 aromatic heterocycles. The highest BCUT2D eigenvalue weighted by molar-refractivity contribution is 6.34. The number of aryl methyl sites for hydroxylation is 1. The largest absolute Gasteiger partial charge is 0.325 e. The molecule has 1 aliphatic carbocycles. The molecule has 102 valence electrons. The molecule has 0 N–H and O–H groups in total. The van der Waals surface area contributed by atoms with Crippen molar-refractivity contribution in [2.45, 2.75) is 44.6 Å². The van der Waals surface area contributed by atoms with Crippen molar-refractivity contribution in [2.24, 2.45) is 0 Å². The van der Waals surface area contributed by atoms with Crippen LogP contribution < -0.4 is 0 Å². The monoisotopic (exact) mass is 296 g/mol. The van der Waals surface area contributed by atoms with Crippen LogP contribution in [0.15, 0.2) is 18.2 Å². The zero-order valence-electron chi connectivity index (χ0n) is 10.9. The van der Waals surface area contributed by atoms with Gasteiger partial charge in [0.15, 0.2) is 0 Å². The van der Waals surface area contributed by atoms with E-state index >= 15 is 0 Å². The highest BCUT2D eigenvalue weighted by atomic mass is 35.5. The van der Waals surface area contributed by atoms with E-state index in [1.807, 2.05) is 12.1 Å². The Morgan fingerprint density at radius 3 is 2.74 bits per heavy atom. The summed E-state index contributed by atoms with van der Waals surface area (Å²) in [6, 6.07) is 6.61. The van der Waals surface area contributed by atoms with E-state index in [-0.39, 0.29) is 0 Å². The van der Waals surface area contributed by atoms with Gasteiger partial charge >= 0.3 is 0 Å². The number of fused-ring (bicyclic) bond motifs is 1. The summed E-state index contributed by atoms with van der Waals surface area (Å²) in [4.78, 5) is 4.72. The molecule has 1 aliphatic rings. The molecule has 0 atom stereocenters. The van der Waals surface area contributed by atoms with E-state index in [0.717, 1.165) is 22.8 Å². The van der Waals surface area contributed by atoms with Gasteiger partial charge < -0.3 is 4.57 Å². The van der Waals surface area contributed by atoms with Crippen molar-refractivity contribution in [3.8, 4) is 0 Å². The molecule has 0 amide bonds. The van der Waals surface area contributed by atoms with Gasteiger partial charge in [0, 0.05) is 18.3 Å². The maximum Gasteiger partial charge on any atom is 0.111 e. The second-order valence-corrected chi connectivity index (χ2v) is 6.02. The Balaban J connectivity index is 2.13. The van der Waals surface area contributed by atoms with Gasteiger partial charge in [-0.05, 0) is 25.0 Å². The smallest absolute Gasteiger partial charge is 0.111 e. The van der Waals surface area contributed by atoms with Gasteiger partial charge in [-0.2, -0.15) is 0 Å². The maximum absolute atomic E-state index is 6.27. The van der Waals surface area contributed by atoms with Crippen LogP contribution in [0, 0.1) is 0 Å². The molecule has 1 saturated carbocycles. The molecular formula is C15H18Cl2N2. The number of hydrogen-bond acceptors (Lipinski definition) is 1. The van der Waals surface area contributed by atoms with Crippen molar-refractivity contribution >= 4 is 34.2 Å². The van der Waals surface area contributed by atoms with Gasteiger partial charge in [0.05, 0.1) is 10.5 Å². The number of hydrogen-bond donors (Lipinski definition) is 0. The number of imidazole rings is 1. The summed E-state index contributed by atoms with van der Waals surface area (Å²) in [5.74, 6) is 1.69. The molecule has 0 saturated heterocycles. The van der Waals surface area contributed by atoms with E-state index in [0.29, 0.717) is 11.9 Å². The van der Waals surface area contributed by atoms with Gasteiger partial charge in [-0.1, -0.05) is 36.9 Å². The van der Waals surface area contributed by atoms with Crippen LogP contribution in [-0.4, -0.2) is 15.4 Å². The summed E-state index contributed by atoms with van der Waals surface area (Å²) in [5.41, 5.74) is 2.09. The summed E-state index contributed by atoms with van der Waals surface area (Å²) in [5, 5.41) is 0.739. The number of nitrogens with zero attached hydrogens (tertiary/aromatic N) is 2. The Labute approximate surface area is 123 Å². The lowest BCUT2D eigenvalue weighted by Crippen LogP contribution is -2.15. The minimum Gasteiger partial charge on any atom is -0.325 e. The molecule has 3 rings (SSSR count). The van der Waals surface area contributed by atoms with Crippen LogP contribution in [0.1, 0.15) is 44.0 Å². The standard InChI is InChI=1S/C15H18Cl2N2/c16-10-9-14-18-15-12(17)7-4-8-13(15)19(14)11-5-2-1-3-6-11/h4,7-8,11H,1-3,5-6,9-10H2. The fourth-order valence-corrected chi connectivity index (χ4v) is 3.52. The quantitative estimate of drug-likeness (QED) is 0.731. The first-order valence-electron chi connectivity index (χ1n) is 7.02. The summed E-state index contributed by atoms with van der Waals surface area (Å²) in [6.07, 6.45) is 7.27. The molecule has 19 heavy (non-hydrogen) atoms. The lowest BCUT2D eigenvalue weighted by Gasteiger charge is -2.25. The first kappa shape index (κ1) is 13.3. The highest BCUT2D eigenvalue weighted by Crippen LogP contribution is 2.34. The lowest BCUT2D eigenvalue weighted by molar-refractivity contribution is 0.353. The fraction of sp³-hybridized carbons (Fsp3) is 0.533. The van der Waals surface area contributed by atoms with E-state index in [1.54, 1.807) is 0 Å². The molecule has 0 unspecified atom stereocenters. The Bertz CT molecular complexity index is 571. The predicted octanol–water partition coefficient (Wildman–Crippen LogP) is 4.98. The van der Waals surface area contributed by atoms with Crippen molar-refractivity contribution in [3.05, 3.63) is 29.0 Å². The van der Waals surface area contributed by atoms with E-state index in [1.165, 1.54) is 37.6 Å². The van der Waals surface area contributed by atoms with Crippen LogP contribution >= 0.6 is 23.2 Å². The Hall–Kier alpha value is -0.730. The molecule has 1 heterocycles. The van der Waals surface area contributed by atoms with Gasteiger partial charge in [-0.3, -0.25) is 0 Å². The zero-order valence-corrected chi connectivity index (χ0v) is 12.4. The van der Waals surface area contributed by atoms with Crippen molar-refractivity contribution in [2.75, 3.05) is 5.88 Å². The van der Waals surface area contributed by atoms with Gasteiger partial charge in [0.25, 0.3) is 0 Å². The fourth-order valence-electron chi connectivity index (χ4n) is 3.14. The highest BCUT2D eigenvalue weighted by Gasteiger charge is 2.21. The van der Waals surface area contributed by atoms with Crippen LogP contribution in [0.4, 0.5) is 0 Å². The Morgan fingerprint density at radius 2 is 2.00 bits per heavy atom. The van der Waals surface area contributed by atoms with E-state index in [2.05, 4.69) is 10.6 Å². The molecule has 0 aliphatic heterocycles. The van der Waals surface area contributed by atoms with Gasteiger partial charge in [0.2, 0.25) is 0 Å². The number of benzene rings is 1. The normalized spacial score (nSPS) is 17.2. The minimum atomic E-state index is 0.565. The van der Waals surface area contributed by atoms with Crippen LogP contribution in [0.25, 0.3) is 11.0 Å². The second-order valence-electron chi connectivity index (χ2n) is 5.24.